The maximum Gasteiger partial charge on any atom is 0.261 e. The largest absolute Gasteiger partial charge is 0.463 e. The second-order valence-electron chi connectivity index (χ2n) is 6.84. The molecule has 0 atom stereocenters. The maximum atomic E-state index is 12.9. The molecule has 1 aliphatic rings. The van der Waals surface area contributed by atoms with Crippen LogP contribution in [0.2, 0.25) is 10.0 Å². The fourth-order valence-corrected chi connectivity index (χ4v) is 5.50. The van der Waals surface area contributed by atoms with Gasteiger partial charge in [0.2, 0.25) is 10.0 Å². The van der Waals surface area contributed by atoms with Crippen molar-refractivity contribution in [2.24, 2.45) is 0 Å². The molecule has 1 amide bonds. The van der Waals surface area contributed by atoms with E-state index in [1.807, 2.05) is 0 Å². The molecule has 0 spiro atoms. The first kappa shape index (κ1) is 21.6. The summed E-state index contributed by atoms with van der Waals surface area (Å²) in [7, 11) is -3.87. The number of rotatable bonds is 4. The van der Waals surface area contributed by atoms with Gasteiger partial charge in [-0.3, -0.25) is 9.59 Å². The van der Waals surface area contributed by atoms with Crippen LogP contribution in [0, 0.1) is 0 Å². The van der Waals surface area contributed by atoms with Crippen LogP contribution in [-0.2, 0) is 10.0 Å². The molecule has 162 valence electrons. The van der Waals surface area contributed by atoms with Gasteiger partial charge in [0.1, 0.15) is 16.2 Å². The number of amides is 1. The SMILES string of the molecule is O=C(c1ccc(-c2ccco2)[nH]c1=O)N1CCN(S(=O)(=O)c2cccc(Cl)c2Cl)CC1. The number of nitrogens with zero attached hydrogens (tertiary/aromatic N) is 2. The van der Waals surface area contributed by atoms with E-state index in [1.165, 1.54) is 39.7 Å². The van der Waals surface area contributed by atoms with Crippen molar-refractivity contribution in [3.63, 3.8) is 0 Å². The Bertz CT molecular complexity index is 1280. The van der Waals surface area contributed by atoms with Crippen LogP contribution in [0.25, 0.3) is 11.5 Å². The normalized spacial score (nSPS) is 15.2. The number of H-pyrrole nitrogens is 1. The fraction of sp³-hybridized carbons (Fsp3) is 0.200. The topological polar surface area (TPSA) is 104 Å². The van der Waals surface area contributed by atoms with Gasteiger partial charge in [0, 0.05) is 26.2 Å². The van der Waals surface area contributed by atoms with Crippen molar-refractivity contribution in [1.82, 2.24) is 14.2 Å². The summed E-state index contributed by atoms with van der Waals surface area (Å²) in [6.07, 6.45) is 1.48. The van der Waals surface area contributed by atoms with E-state index in [9.17, 15) is 18.0 Å². The van der Waals surface area contributed by atoms with E-state index in [1.54, 1.807) is 18.2 Å². The van der Waals surface area contributed by atoms with Gasteiger partial charge in [-0.05, 0) is 36.4 Å². The van der Waals surface area contributed by atoms with E-state index in [4.69, 9.17) is 27.6 Å². The highest BCUT2D eigenvalue weighted by molar-refractivity contribution is 7.89. The minimum absolute atomic E-state index is 0.0236. The first-order valence-electron chi connectivity index (χ1n) is 9.29. The van der Waals surface area contributed by atoms with Gasteiger partial charge in [-0.25, -0.2) is 8.42 Å². The standard InChI is InChI=1S/C20H17Cl2N3O5S/c21-14-3-1-5-17(18(14)22)31(28,29)25-10-8-24(9-11-25)20(27)13-6-7-15(23-19(13)26)16-4-2-12-30-16/h1-7,12H,8-11H2,(H,23,26). The molecule has 0 bridgehead atoms. The van der Waals surface area contributed by atoms with Crippen molar-refractivity contribution in [2.45, 2.75) is 4.90 Å². The Kier molecular flexibility index (Phi) is 5.94. The first-order valence-corrected chi connectivity index (χ1v) is 11.5. The van der Waals surface area contributed by atoms with E-state index in [0.29, 0.717) is 11.5 Å². The number of hydrogen-bond donors (Lipinski definition) is 1. The maximum absolute atomic E-state index is 12.9. The van der Waals surface area contributed by atoms with E-state index >= 15 is 0 Å². The molecule has 0 saturated carbocycles. The van der Waals surface area contributed by atoms with Crippen molar-refractivity contribution in [3.8, 4) is 11.5 Å². The Hall–Kier alpha value is -2.59. The van der Waals surface area contributed by atoms with Gasteiger partial charge in [-0.15, -0.1) is 0 Å². The number of nitrogens with one attached hydrogen (secondary N) is 1. The number of hydrogen-bond acceptors (Lipinski definition) is 5. The number of benzene rings is 1. The van der Waals surface area contributed by atoms with Gasteiger partial charge in [-0.1, -0.05) is 29.3 Å². The molecule has 1 aliphatic heterocycles. The number of aromatic nitrogens is 1. The molecule has 3 heterocycles. The highest BCUT2D eigenvalue weighted by atomic mass is 35.5. The molecule has 0 unspecified atom stereocenters. The molecule has 1 N–H and O–H groups in total. The zero-order valence-electron chi connectivity index (χ0n) is 16.0. The lowest BCUT2D eigenvalue weighted by atomic mass is 10.2. The second-order valence-corrected chi connectivity index (χ2v) is 9.53. The summed E-state index contributed by atoms with van der Waals surface area (Å²) in [5.74, 6) is 0.0136. The van der Waals surface area contributed by atoms with Crippen LogP contribution in [0.5, 0.6) is 0 Å². The lowest BCUT2D eigenvalue weighted by molar-refractivity contribution is 0.0696. The summed E-state index contributed by atoms with van der Waals surface area (Å²) in [6.45, 7) is 0.407. The highest BCUT2D eigenvalue weighted by Gasteiger charge is 2.32. The first-order chi connectivity index (χ1) is 14.8. The summed E-state index contributed by atoms with van der Waals surface area (Å²) >= 11 is 12.0. The minimum atomic E-state index is -3.87. The number of aromatic amines is 1. The molecule has 0 radical (unpaired) electrons. The fourth-order valence-electron chi connectivity index (χ4n) is 3.34. The van der Waals surface area contributed by atoms with Gasteiger partial charge < -0.3 is 14.3 Å². The van der Waals surface area contributed by atoms with Crippen LogP contribution in [0.4, 0.5) is 0 Å². The Morgan fingerprint density at radius 1 is 1.00 bits per heavy atom. The van der Waals surface area contributed by atoms with Crippen LogP contribution >= 0.6 is 23.2 Å². The van der Waals surface area contributed by atoms with Crippen LogP contribution in [0.3, 0.4) is 0 Å². The number of halogens is 2. The third kappa shape index (κ3) is 4.14. The smallest absolute Gasteiger partial charge is 0.261 e. The number of carbonyl (C=O) groups excluding carboxylic acids is 1. The molecule has 11 heteroatoms. The zero-order chi connectivity index (χ0) is 22.2. The van der Waals surface area contributed by atoms with Crippen molar-refractivity contribution in [2.75, 3.05) is 26.2 Å². The van der Waals surface area contributed by atoms with Gasteiger partial charge in [0.15, 0.2) is 0 Å². The van der Waals surface area contributed by atoms with Crippen molar-refractivity contribution in [1.29, 1.82) is 0 Å². The summed E-state index contributed by atoms with van der Waals surface area (Å²) in [5.41, 5.74) is -0.106. The van der Waals surface area contributed by atoms with Gasteiger partial charge >= 0.3 is 0 Å². The van der Waals surface area contributed by atoms with E-state index in [-0.39, 0.29) is 46.7 Å². The van der Waals surface area contributed by atoms with Crippen LogP contribution in [-0.4, -0.2) is 54.7 Å². The third-order valence-electron chi connectivity index (χ3n) is 4.99. The molecule has 4 rings (SSSR count). The lowest BCUT2D eigenvalue weighted by Crippen LogP contribution is -2.51. The zero-order valence-corrected chi connectivity index (χ0v) is 18.4. The van der Waals surface area contributed by atoms with Crippen LogP contribution in [0.15, 0.2) is 62.8 Å². The number of furan rings is 1. The number of pyridine rings is 1. The molecule has 1 fully saturated rings. The molecule has 2 aromatic heterocycles. The predicted molar refractivity (Wildman–Crippen MR) is 116 cm³/mol. The third-order valence-corrected chi connectivity index (χ3v) is 7.86. The summed E-state index contributed by atoms with van der Waals surface area (Å²) in [5, 5.41) is 0.111. The van der Waals surface area contributed by atoms with E-state index < -0.39 is 21.5 Å². The average Bonchev–Trinajstić information content (AvgIpc) is 3.30. The molecule has 0 aliphatic carbocycles. The number of piperazine rings is 1. The van der Waals surface area contributed by atoms with E-state index in [0.717, 1.165) is 0 Å². The number of sulfonamides is 1. The Morgan fingerprint density at radius 3 is 2.39 bits per heavy atom. The Labute approximate surface area is 188 Å². The molecule has 31 heavy (non-hydrogen) atoms. The molecule has 1 saturated heterocycles. The van der Waals surface area contributed by atoms with Crippen LogP contribution < -0.4 is 5.56 Å². The predicted octanol–water partition coefficient (Wildman–Crippen LogP) is 3.09. The quantitative estimate of drug-likeness (QED) is 0.616. The summed E-state index contributed by atoms with van der Waals surface area (Å²) < 4.78 is 32.3. The summed E-state index contributed by atoms with van der Waals surface area (Å²) in [6, 6.07) is 10.8. The molecular weight excluding hydrogens is 465 g/mol. The minimum Gasteiger partial charge on any atom is -0.463 e. The average molecular weight is 482 g/mol. The molecule has 8 nitrogen and oxygen atoms in total. The monoisotopic (exact) mass is 481 g/mol. The van der Waals surface area contributed by atoms with Gasteiger partial charge in [0.05, 0.1) is 22.0 Å². The Balaban J connectivity index is 1.48. The van der Waals surface area contributed by atoms with Crippen molar-refractivity contribution < 1.29 is 17.6 Å². The molecule has 1 aromatic carbocycles. The number of carbonyl (C=O) groups is 1. The summed E-state index contributed by atoms with van der Waals surface area (Å²) in [4.78, 5) is 29.2. The Morgan fingerprint density at radius 2 is 1.74 bits per heavy atom. The van der Waals surface area contributed by atoms with Crippen molar-refractivity contribution in [3.05, 3.63) is 74.7 Å². The van der Waals surface area contributed by atoms with Gasteiger partial charge in [-0.2, -0.15) is 4.31 Å². The highest BCUT2D eigenvalue weighted by Crippen LogP contribution is 2.31. The molecular formula is C20H17Cl2N3O5S. The van der Waals surface area contributed by atoms with Crippen LogP contribution in [0.1, 0.15) is 10.4 Å². The second kappa shape index (κ2) is 8.51. The van der Waals surface area contributed by atoms with Gasteiger partial charge in [0.25, 0.3) is 11.5 Å². The lowest BCUT2D eigenvalue weighted by Gasteiger charge is -2.34. The van der Waals surface area contributed by atoms with Crippen molar-refractivity contribution >= 4 is 39.1 Å². The van der Waals surface area contributed by atoms with E-state index in [2.05, 4.69) is 4.98 Å². The molecule has 3 aromatic rings.